The van der Waals surface area contributed by atoms with E-state index in [0.717, 1.165) is 9.13 Å². The molecule has 4 heteroatoms. The van der Waals surface area contributed by atoms with Crippen LogP contribution in [0, 0.1) is 3.57 Å². The van der Waals surface area contributed by atoms with Crippen molar-refractivity contribution in [2.75, 3.05) is 5.73 Å². The molecular weight excluding hydrogens is 289 g/mol. The first-order chi connectivity index (χ1) is 6.77. The van der Waals surface area contributed by atoms with Gasteiger partial charge in [0.1, 0.15) is 5.82 Å². The van der Waals surface area contributed by atoms with E-state index in [1.165, 1.54) is 0 Å². The van der Waals surface area contributed by atoms with Crippen LogP contribution in [0.25, 0.3) is 11.4 Å². The summed E-state index contributed by atoms with van der Waals surface area (Å²) >= 11 is 2.11. The van der Waals surface area contributed by atoms with Crippen LogP contribution in [0.2, 0.25) is 0 Å². The Balaban J connectivity index is 2.48. The minimum absolute atomic E-state index is 0.527. The van der Waals surface area contributed by atoms with Crippen LogP contribution in [-0.4, -0.2) is 9.97 Å². The second-order valence-corrected chi connectivity index (χ2v) is 3.96. The van der Waals surface area contributed by atoms with E-state index in [0.29, 0.717) is 11.6 Å². The van der Waals surface area contributed by atoms with Gasteiger partial charge in [0.05, 0.1) is 3.57 Å². The van der Waals surface area contributed by atoms with E-state index in [2.05, 4.69) is 32.6 Å². The lowest BCUT2D eigenvalue weighted by atomic mass is 10.2. The predicted molar refractivity (Wildman–Crippen MR) is 64.6 cm³/mol. The fourth-order valence-corrected chi connectivity index (χ4v) is 1.37. The number of nitrogen functional groups attached to an aromatic ring is 1. The molecule has 0 amide bonds. The Morgan fingerprint density at radius 3 is 2.50 bits per heavy atom. The number of hydrogen-bond acceptors (Lipinski definition) is 3. The molecule has 2 N–H and O–H groups in total. The van der Waals surface area contributed by atoms with Gasteiger partial charge in [0.2, 0.25) is 0 Å². The van der Waals surface area contributed by atoms with Crippen molar-refractivity contribution < 1.29 is 0 Å². The average Bonchev–Trinajstić information content (AvgIpc) is 2.23. The highest BCUT2D eigenvalue weighted by Gasteiger charge is 2.02. The first-order valence-electron chi connectivity index (χ1n) is 4.11. The van der Waals surface area contributed by atoms with Crippen LogP contribution in [-0.2, 0) is 0 Å². The standard InChI is InChI=1S/C10H8IN3/c11-8-6-13-10(14-9(8)12)7-4-2-1-3-5-7/h1-6H,(H2,12,13,14). The first kappa shape index (κ1) is 9.39. The number of nitrogens with two attached hydrogens (primary N) is 1. The van der Waals surface area contributed by atoms with E-state index in [9.17, 15) is 0 Å². The van der Waals surface area contributed by atoms with Crippen LogP contribution >= 0.6 is 22.6 Å². The van der Waals surface area contributed by atoms with E-state index in [4.69, 9.17) is 5.73 Å². The Kier molecular flexibility index (Phi) is 2.62. The van der Waals surface area contributed by atoms with Gasteiger partial charge in [0.25, 0.3) is 0 Å². The van der Waals surface area contributed by atoms with Gasteiger partial charge in [-0.15, -0.1) is 0 Å². The highest BCUT2D eigenvalue weighted by molar-refractivity contribution is 14.1. The Bertz CT molecular complexity index is 442. The zero-order valence-corrected chi connectivity index (χ0v) is 9.47. The van der Waals surface area contributed by atoms with Crippen molar-refractivity contribution in [3.8, 4) is 11.4 Å². The number of nitrogens with zero attached hydrogens (tertiary/aromatic N) is 2. The van der Waals surface area contributed by atoms with Gasteiger partial charge in [-0.1, -0.05) is 30.3 Å². The summed E-state index contributed by atoms with van der Waals surface area (Å²) in [6.07, 6.45) is 1.73. The zero-order chi connectivity index (χ0) is 9.97. The summed E-state index contributed by atoms with van der Waals surface area (Å²) in [6, 6.07) is 9.78. The zero-order valence-electron chi connectivity index (χ0n) is 7.31. The number of hydrogen-bond donors (Lipinski definition) is 1. The van der Waals surface area contributed by atoms with Crippen LogP contribution in [0.3, 0.4) is 0 Å². The van der Waals surface area contributed by atoms with E-state index >= 15 is 0 Å². The van der Waals surface area contributed by atoms with E-state index in [1.807, 2.05) is 30.3 Å². The Morgan fingerprint density at radius 1 is 1.14 bits per heavy atom. The van der Waals surface area contributed by atoms with Crippen LogP contribution in [0.1, 0.15) is 0 Å². The van der Waals surface area contributed by atoms with Crippen LogP contribution in [0.15, 0.2) is 36.5 Å². The third-order valence-electron chi connectivity index (χ3n) is 1.80. The fourth-order valence-electron chi connectivity index (χ4n) is 1.11. The first-order valence-corrected chi connectivity index (χ1v) is 5.18. The summed E-state index contributed by atoms with van der Waals surface area (Å²) in [6.45, 7) is 0. The van der Waals surface area contributed by atoms with Crippen LogP contribution < -0.4 is 5.73 Å². The Morgan fingerprint density at radius 2 is 1.86 bits per heavy atom. The summed E-state index contributed by atoms with van der Waals surface area (Å²) < 4.78 is 0.877. The van der Waals surface area contributed by atoms with Crippen molar-refractivity contribution in [2.24, 2.45) is 0 Å². The molecule has 1 aromatic heterocycles. The second-order valence-electron chi connectivity index (χ2n) is 2.79. The molecule has 70 valence electrons. The summed E-state index contributed by atoms with van der Waals surface area (Å²) in [5.41, 5.74) is 6.68. The monoisotopic (exact) mass is 297 g/mol. The summed E-state index contributed by atoms with van der Waals surface area (Å²) in [5.74, 6) is 1.20. The predicted octanol–water partition coefficient (Wildman–Crippen LogP) is 2.33. The highest BCUT2D eigenvalue weighted by atomic mass is 127. The van der Waals surface area contributed by atoms with E-state index in [-0.39, 0.29) is 0 Å². The molecule has 1 heterocycles. The average molecular weight is 297 g/mol. The molecule has 0 fully saturated rings. The molecule has 0 aliphatic carbocycles. The lowest BCUT2D eigenvalue weighted by molar-refractivity contribution is 1.17. The van der Waals surface area contributed by atoms with Crippen LogP contribution in [0.5, 0.6) is 0 Å². The molecular formula is C10H8IN3. The van der Waals surface area contributed by atoms with Crippen molar-refractivity contribution in [2.45, 2.75) is 0 Å². The molecule has 0 aliphatic rings. The van der Waals surface area contributed by atoms with E-state index in [1.54, 1.807) is 6.20 Å². The van der Waals surface area contributed by atoms with Gasteiger partial charge in [-0.2, -0.15) is 0 Å². The molecule has 0 spiro atoms. The van der Waals surface area contributed by atoms with Crippen molar-refractivity contribution in [3.05, 3.63) is 40.1 Å². The molecule has 0 bridgehead atoms. The quantitative estimate of drug-likeness (QED) is 0.822. The highest BCUT2D eigenvalue weighted by Crippen LogP contribution is 2.17. The SMILES string of the molecule is Nc1nc(-c2ccccc2)ncc1I. The topological polar surface area (TPSA) is 51.8 Å². The summed E-state index contributed by atoms with van der Waals surface area (Å²) in [4.78, 5) is 8.41. The number of anilines is 1. The number of benzene rings is 1. The third-order valence-corrected chi connectivity index (χ3v) is 2.63. The van der Waals surface area contributed by atoms with Gasteiger partial charge in [-0.3, -0.25) is 0 Å². The minimum Gasteiger partial charge on any atom is -0.383 e. The smallest absolute Gasteiger partial charge is 0.161 e. The van der Waals surface area contributed by atoms with Gasteiger partial charge >= 0.3 is 0 Å². The number of halogens is 1. The van der Waals surface area contributed by atoms with Crippen molar-refractivity contribution in [1.29, 1.82) is 0 Å². The molecule has 14 heavy (non-hydrogen) atoms. The molecule has 0 saturated carbocycles. The van der Waals surface area contributed by atoms with Gasteiger partial charge in [0, 0.05) is 11.8 Å². The lowest BCUT2D eigenvalue weighted by Crippen LogP contribution is -1.97. The largest absolute Gasteiger partial charge is 0.383 e. The molecule has 0 saturated heterocycles. The molecule has 2 aromatic rings. The fraction of sp³-hybridized carbons (Fsp3) is 0. The molecule has 3 nitrogen and oxygen atoms in total. The molecule has 0 aliphatic heterocycles. The van der Waals surface area contributed by atoms with Gasteiger partial charge in [-0.25, -0.2) is 9.97 Å². The van der Waals surface area contributed by atoms with Gasteiger partial charge in [-0.05, 0) is 22.6 Å². The van der Waals surface area contributed by atoms with Gasteiger partial charge in [0.15, 0.2) is 5.82 Å². The third kappa shape index (κ3) is 1.84. The number of rotatable bonds is 1. The van der Waals surface area contributed by atoms with Crippen molar-refractivity contribution in [1.82, 2.24) is 9.97 Å². The maximum absolute atomic E-state index is 5.70. The number of aromatic nitrogens is 2. The maximum atomic E-state index is 5.70. The van der Waals surface area contributed by atoms with Crippen molar-refractivity contribution >= 4 is 28.4 Å². The van der Waals surface area contributed by atoms with Crippen LogP contribution in [0.4, 0.5) is 5.82 Å². The molecule has 0 radical (unpaired) electrons. The summed E-state index contributed by atoms with van der Waals surface area (Å²) in [7, 11) is 0. The molecule has 0 unspecified atom stereocenters. The van der Waals surface area contributed by atoms with E-state index < -0.39 is 0 Å². The molecule has 0 atom stereocenters. The normalized spacial score (nSPS) is 10.1. The van der Waals surface area contributed by atoms with Gasteiger partial charge < -0.3 is 5.73 Å². The summed E-state index contributed by atoms with van der Waals surface area (Å²) in [5, 5.41) is 0. The maximum Gasteiger partial charge on any atom is 0.161 e. The minimum atomic E-state index is 0.527. The molecule has 2 rings (SSSR count). The lowest BCUT2D eigenvalue weighted by Gasteiger charge is -2.01. The second kappa shape index (κ2) is 3.91. The molecule has 1 aromatic carbocycles. The van der Waals surface area contributed by atoms with Crippen molar-refractivity contribution in [3.63, 3.8) is 0 Å². The Hall–Kier alpha value is -1.17. The Labute approximate surface area is 95.5 Å².